The highest BCUT2D eigenvalue weighted by atomic mass is 16.5. The number of aryl methyl sites for hydroxylation is 1. The number of carbonyl (C=O) groups is 1. The molecule has 2 atom stereocenters. The summed E-state index contributed by atoms with van der Waals surface area (Å²) in [6.45, 7) is 2.31. The highest BCUT2D eigenvalue weighted by molar-refractivity contribution is 5.92. The Morgan fingerprint density at radius 1 is 1.17 bits per heavy atom. The zero-order chi connectivity index (χ0) is 20.4. The number of carbonyl (C=O) groups excluding carboxylic acids is 1. The number of rotatable bonds is 5. The summed E-state index contributed by atoms with van der Waals surface area (Å²) in [6, 6.07) is 9.66. The molecule has 29 heavy (non-hydrogen) atoms. The van der Waals surface area contributed by atoms with Gasteiger partial charge in [-0.25, -0.2) is 4.98 Å². The van der Waals surface area contributed by atoms with Crippen LogP contribution in [0.2, 0.25) is 0 Å². The van der Waals surface area contributed by atoms with Gasteiger partial charge in [0.1, 0.15) is 17.2 Å². The Bertz CT molecular complexity index is 1030. The van der Waals surface area contributed by atoms with Crippen LogP contribution >= 0.6 is 0 Å². The minimum atomic E-state index is -0.247. The van der Waals surface area contributed by atoms with Crippen molar-refractivity contribution in [2.24, 2.45) is 13.0 Å². The van der Waals surface area contributed by atoms with Gasteiger partial charge >= 0.3 is 0 Å². The fourth-order valence-corrected chi connectivity index (χ4v) is 3.93. The van der Waals surface area contributed by atoms with Gasteiger partial charge < -0.3 is 19.9 Å². The van der Waals surface area contributed by atoms with E-state index < -0.39 is 0 Å². The minimum Gasteiger partial charge on any atom is -0.457 e. The van der Waals surface area contributed by atoms with E-state index in [9.17, 15) is 4.79 Å². The zero-order valence-corrected chi connectivity index (χ0v) is 17.1. The predicted molar refractivity (Wildman–Crippen MR) is 113 cm³/mol. The Hall–Kier alpha value is -3.09. The second-order valence-electron chi connectivity index (χ2n) is 7.72. The van der Waals surface area contributed by atoms with Crippen LogP contribution in [-0.2, 0) is 7.05 Å². The third-order valence-electron chi connectivity index (χ3n) is 5.71. The smallest absolute Gasteiger partial charge is 0.269 e. The van der Waals surface area contributed by atoms with Crippen molar-refractivity contribution in [1.29, 1.82) is 0 Å². The fraction of sp³-hybridized carbons (Fsp3) is 0.409. The van der Waals surface area contributed by atoms with Gasteiger partial charge in [0.15, 0.2) is 0 Å². The number of ether oxygens (including phenoxy) is 1. The summed E-state index contributed by atoms with van der Waals surface area (Å²) in [4.78, 5) is 20.6. The SMILES string of the molecule is CNC(=O)c1cc(Oc2ccc3c(c2)nc(NC2CCCCC2C)n3C)ccn1. The third kappa shape index (κ3) is 4.04. The van der Waals surface area contributed by atoms with Crippen LogP contribution in [-0.4, -0.2) is 33.5 Å². The van der Waals surface area contributed by atoms with E-state index in [1.54, 1.807) is 25.4 Å². The molecule has 4 rings (SSSR count). The third-order valence-corrected chi connectivity index (χ3v) is 5.71. The molecule has 1 fully saturated rings. The maximum Gasteiger partial charge on any atom is 0.269 e. The van der Waals surface area contributed by atoms with E-state index in [4.69, 9.17) is 9.72 Å². The molecule has 0 bridgehead atoms. The number of fused-ring (bicyclic) bond motifs is 1. The normalized spacial score (nSPS) is 19.1. The minimum absolute atomic E-state index is 0.247. The largest absolute Gasteiger partial charge is 0.457 e. The van der Waals surface area contributed by atoms with Gasteiger partial charge in [0.05, 0.1) is 11.0 Å². The van der Waals surface area contributed by atoms with E-state index in [1.165, 1.54) is 25.7 Å². The van der Waals surface area contributed by atoms with Crippen molar-refractivity contribution in [3.8, 4) is 11.5 Å². The standard InChI is InChI=1S/C22H27N5O2/c1-14-6-4-5-7-17(14)25-22-26-18-12-15(8-9-20(18)27(22)3)29-16-10-11-24-19(13-16)21(28)23-2/h8-14,17H,4-7H2,1-3H3,(H,23,28)(H,25,26). The predicted octanol–water partition coefficient (Wildman–Crippen LogP) is 4.11. The Labute approximate surface area is 170 Å². The van der Waals surface area contributed by atoms with Gasteiger partial charge in [-0.15, -0.1) is 0 Å². The monoisotopic (exact) mass is 393 g/mol. The number of aromatic nitrogens is 3. The molecule has 0 aliphatic heterocycles. The number of hydrogen-bond donors (Lipinski definition) is 2. The lowest BCUT2D eigenvalue weighted by Crippen LogP contribution is -2.31. The molecule has 3 aromatic rings. The molecule has 7 nitrogen and oxygen atoms in total. The van der Waals surface area contributed by atoms with Gasteiger partial charge in [-0.1, -0.05) is 19.8 Å². The Kier molecular flexibility index (Phi) is 5.38. The van der Waals surface area contributed by atoms with Crippen LogP contribution < -0.4 is 15.4 Å². The van der Waals surface area contributed by atoms with Crippen molar-refractivity contribution in [3.05, 3.63) is 42.2 Å². The molecule has 1 aliphatic rings. The second-order valence-corrected chi connectivity index (χ2v) is 7.72. The molecule has 2 unspecified atom stereocenters. The number of amides is 1. The van der Waals surface area contributed by atoms with Crippen LogP contribution in [0.1, 0.15) is 43.1 Å². The molecule has 1 aromatic carbocycles. The molecule has 2 aromatic heterocycles. The molecule has 0 spiro atoms. The van der Waals surface area contributed by atoms with Gasteiger partial charge in [-0.05, 0) is 37.0 Å². The van der Waals surface area contributed by atoms with Crippen molar-refractivity contribution in [1.82, 2.24) is 19.9 Å². The number of benzene rings is 1. The van der Waals surface area contributed by atoms with Gasteiger partial charge in [-0.3, -0.25) is 9.78 Å². The highest BCUT2D eigenvalue weighted by Gasteiger charge is 2.22. The lowest BCUT2D eigenvalue weighted by Gasteiger charge is -2.29. The van der Waals surface area contributed by atoms with Crippen LogP contribution in [0.15, 0.2) is 36.5 Å². The Morgan fingerprint density at radius 3 is 2.76 bits per heavy atom. The molecule has 2 N–H and O–H groups in total. The number of nitrogens with zero attached hydrogens (tertiary/aromatic N) is 3. The number of hydrogen-bond acceptors (Lipinski definition) is 5. The van der Waals surface area contributed by atoms with Crippen LogP contribution in [0.25, 0.3) is 11.0 Å². The van der Waals surface area contributed by atoms with Crippen LogP contribution in [0.3, 0.4) is 0 Å². The van der Waals surface area contributed by atoms with E-state index in [-0.39, 0.29) is 5.91 Å². The molecule has 1 saturated carbocycles. The molecule has 0 saturated heterocycles. The van der Waals surface area contributed by atoms with E-state index in [2.05, 4.69) is 27.1 Å². The average molecular weight is 393 g/mol. The van der Waals surface area contributed by atoms with Crippen LogP contribution in [0, 0.1) is 5.92 Å². The van der Waals surface area contributed by atoms with Gasteiger partial charge in [0, 0.05) is 38.5 Å². The van der Waals surface area contributed by atoms with Crippen molar-refractivity contribution in [2.75, 3.05) is 12.4 Å². The molecule has 1 aliphatic carbocycles. The van der Waals surface area contributed by atoms with Crippen molar-refractivity contribution in [3.63, 3.8) is 0 Å². The van der Waals surface area contributed by atoms with Gasteiger partial charge in [-0.2, -0.15) is 0 Å². The van der Waals surface area contributed by atoms with Crippen LogP contribution in [0.4, 0.5) is 5.95 Å². The first kappa shape index (κ1) is 19.2. The molecule has 0 radical (unpaired) electrons. The van der Waals surface area contributed by atoms with Gasteiger partial charge in [0.2, 0.25) is 5.95 Å². The maximum absolute atomic E-state index is 11.8. The molecule has 1 amide bonds. The molecule has 152 valence electrons. The van der Waals surface area contributed by atoms with Crippen molar-refractivity contribution < 1.29 is 9.53 Å². The molecule has 7 heteroatoms. The first-order valence-electron chi connectivity index (χ1n) is 10.1. The molecular formula is C22H27N5O2. The van der Waals surface area contributed by atoms with Gasteiger partial charge in [0.25, 0.3) is 5.91 Å². The number of nitrogens with one attached hydrogen (secondary N) is 2. The average Bonchev–Trinajstić information content (AvgIpc) is 3.04. The number of anilines is 1. The summed E-state index contributed by atoms with van der Waals surface area (Å²) in [6.07, 6.45) is 6.61. The summed E-state index contributed by atoms with van der Waals surface area (Å²) < 4.78 is 8.04. The topological polar surface area (TPSA) is 81.1 Å². The first-order valence-corrected chi connectivity index (χ1v) is 10.1. The second kappa shape index (κ2) is 8.11. The highest BCUT2D eigenvalue weighted by Crippen LogP contribution is 2.30. The number of pyridine rings is 1. The van der Waals surface area contributed by atoms with E-state index >= 15 is 0 Å². The van der Waals surface area contributed by atoms with E-state index in [0.717, 1.165) is 17.0 Å². The summed E-state index contributed by atoms with van der Waals surface area (Å²) >= 11 is 0. The maximum atomic E-state index is 11.8. The summed E-state index contributed by atoms with van der Waals surface area (Å²) in [5, 5.41) is 6.21. The summed E-state index contributed by atoms with van der Waals surface area (Å²) in [5.74, 6) is 2.53. The fourth-order valence-electron chi connectivity index (χ4n) is 3.93. The number of imidazole rings is 1. The van der Waals surface area contributed by atoms with Crippen LogP contribution in [0.5, 0.6) is 11.5 Å². The first-order chi connectivity index (χ1) is 14.0. The summed E-state index contributed by atoms with van der Waals surface area (Å²) in [7, 11) is 3.61. The zero-order valence-electron chi connectivity index (χ0n) is 17.1. The van der Waals surface area contributed by atoms with E-state index in [0.29, 0.717) is 29.2 Å². The lowest BCUT2D eigenvalue weighted by atomic mass is 9.86. The lowest BCUT2D eigenvalue weighted by molar-refractivity contribution is 0.0958. The summed E-state index contributed by atoms with van der Waals surface area (Å²) in [5.41, 5.74) is 2.23. The molecular weight excluding hydrogens is 366 g/mol. The Balaban J connectivity index is 1.56. The van der Waals surface area contributed by atoms with Crippen molar-refractivity contribution >= 4 is 22.9 Å². The molecule has 2 heterocycles. The Morgan fingerprint density at radius 2 is 1.97 bits per heavy atom. The quantitative estimate of drug-likeness (QED) is 0.682. The van der Waals surface area contributed by atoms with Crippen molar-refractivity contribution in [2.45, 2.75) is 38.6 Å². The van der Waals surface area contributed by atoms with E-state index in [1.807, 2.05) is 25.2 Å².